The summed E-state index contributed by atoms with van der Waals surface area (Å²) in [6.07, 6.45) is 2.48. The van der Waals surface area contributed by atoms with Gasteiger partial charge in [0.2, 0.25) is 0 Å². The number of rotatable bonds is 1. The van der Waals surface area contributed by atoms with E-state index in [2.05, 4.69) is 10.2 Å². The molecule has 2 aromatic rings. The van der Waals surface area contributed by atoms with Crippen LogP contribution in [0, 0.1) is 0 Å². The highest BCUT2D eigenvalue weighted by atomic mass is 16.2. The smallest absolute Gasteiger partial charge is 0.259 e. The minimum atomic E-state index is -0.359. The Kier molecular flexibility index (Phi) is 1.67. The molecule has 0 fully saturated rings. The molecule has 78 valence electrons. The summed E-state index contributed by atoms with van der Waals surface area (Å²) in [7, 11) is 0. The van der Waals surface area contributed by atoms with Gasteiger partial charge in [0.05, 0.1) is 5.52 Å². The van der Waals surface area contributed by atoms with Gasteiger partial charge in [0.1, 0.15) is 0 Å². The number of aromatic amines is 1. The highest BCUT2D eigenvalue weighted by molar-refractivity contribution is 6.29. The zero-order chi connectivity index (χ0) is 11.1. The van der Waals surface area contributed by atoms with Gasteiger partial charge < -0.3 is 0 Å². The highest BCUT2D eigenvalue weighted by Crippen LogP contribution is 2.25. The van der Waals surface area contributed by atoms with Crippen molar-refractivity contribution in [2.24, 2.45) is 0 Å². The van der Waals surface area contributed by atoms with Crippen LogP contribution in [0.1, 0.15) is 0 Å². The predicted octanol–water partition coefficient (Wildman–Crippen LogP) is 0.992. The van der Waals surface area contributed by atoms with Gasteiger partial charge in [0.15, 0.2) is 5.82 Å². The average Bonchev–Trinajstić information content (AvgIpc) is 2.83. The molecule has 2 amide bonds. The number of anilines is 1. The van der Waals surface area contributed by atoms with Crippen molar-refractivity contribution in [3.63, 3.8) is 0 Å². The molecule has 3 rings (SSSR count). The minimum Gasteiger partial charge on any atom is -0.276 e. The van der Waals surface area contributed by atoms with Crippen LogP contribution in [0.25, 0.3) is 10.9 Å². The zero-order valence-corrected chi connectivity index (χ0v) is 8.18. The number of para-hydroxylation sites is 1. The summed E-state index contributed by atoms with van der Waals surface area (Å²) in [5, 5.41) is 7.54. The van der Waals surface area contributed by atoms with Crippen molar-refractivity contribution in [2.75, 3.05) is 4.90 Å². The van der Waals surface area contributed by atoms with E-state index in [1.165, 1.54) is 12.2 Å². The van der Waals surface area contributed by atoms with Crippen molar-refractivity contribution >= 4 is 28.5 Å². The fourth-order valence-corrected chi connectivity index (χ4v) is 1.73. The molecule has 2 heterocycles. The van der Waals surface area contributed by atoms with Crippen LogP contribution in [-0.4, -0.2) is 22.0 Å². The number of hydrogen-bond donors (Lipinski definition) is 1. The summed E-state index contributed by atoms with van der Waals surface area (Å²) >= 11 is 0. The Morgan fingerprint density at radius 1 is 1.06 bits per heavy atom. The van der Waals surface area contributed by atoms with E-state index in [1.54, 1.807) is 0 Å². The molecule has 1 N–H and O–H groups in total. The lowest BCUT2D eigenvalue weighted by molar-refractivity contribution is -0.120. The van der Waals surface area contributed by atoms with E-state index < -0.39 is 0 Å². The molecule has 5 nitrogen and oxygen atoms in total. The monoisotopic (exact) mass is 213 g/mol. The molecule has 0 atom stereocenters. The van der Waals surface area contributed by atoms with Gasteiger partial charge in [-0.3, -0.25) is 14.7 Å². The van der Waals surface area contributed by atoms with Crippen molar-refractivity contribution in [2.45, 2.75) is 0 Å². The van der Waals surface area contributed by atoms with Crippen LogP contribution in [0.15, 0.2) is 36.4 Å². The Morgan fingerprint density at radius 2 is 1.75 bits per heavy atom. The van der Waals surface area contributed by atoms with Gasteiger partial charge in [-0.2, -0.15) is 5.10 Å². The van der Waals surface area contributed by atoms with Gasteiger partial charge in [-0.25, -0.2) is 4.90 Å². The number of imide groups is 1. The Balaban J connectivity index is 2.20. The van der Waals surface area contributed by atoms with Crippen LogP contribution >= 0.6 is 0 Å². The normalized spacial score (nSPS) is 15.4. The summed E-state index contributed by atoms with van der Waals surface area (Å²) in [5.41, 5.74) is 0.796. The maximum absolute atomic E-state index is 11.5. The van der Waals surface area contributed by atoms with E-state index >= 15 is 0 Å². The fraction of sp³-hybridized carbons (Fsp3) is 0. The van der Waals surface area contributed by atoms with Crippen LogP contribution < -0.4 is 4.90 Å². The molecule has 0 unspecified atom stereocenters. The van der Waals surface area contributed by atoms with Crippen LogP contribution in [0.4, 0.5) is 5.82 Å². The number of H-pyrrole nitrogens is 1. The summed E-state index contributed by atoms with van der Waals surface area (Å²) in [6.45, 7) is 0. The molecule has 0 aliphatic carbocycles. The molecule has 0 spiro atoms. The van der Waals surface area contributed by atoms with E-state index in [9.17, 15) is 9.59 Å². The summed E-state index contributed by atoms with van der Waals surface area (Å²) in [6, 6.07) is 7.34. The lowest BCUT2D eigenvalue weighted by Crippen LogP contribution is -2.30. The predicted molar refractivity (Wildman–Crippen MR) is 57.7 cm³/mol. The Labute approximate surface area is 90.4 Å². The number of nitrogens with one attached hydrogen (secondary N) is 1. The molecule has 1 aliphatic rings. The summed E-state index contributed by atoms with van der Waals surface area (Å²) in [4.78, 5) is 24.0. The largest absolute Gasteiger partial charge is 0.276 e. The Morgan fingerprint density at radius 3 is 2.50 bits per heavy atom. The van der Waals surface area contributed by atoms with Gasteiger partial charge in [-0.05, 0) is 12.1 Å². The molecule has 1 aromatic heterocycles. The maximum atomic E-state index is 11.5. The standard InChI is InChI=1S/C11H7N3O2/c15-9-5-6-10(16)14(9)11-7-3-1-2-4-8(7)12-13-11/h1-6H,(H,12,13). The van der Waals surface area contributed by atoms with Crippen molar-refractivity contribution in [1.82, 2.24) is 10.2 Å². The molecule has 1 aromatic carbocycles. The van der Waals surface area contributed by atoms with Gasteiger partial charge in [-0.15, -0.1) is 0 Å². The number of carbonyl (C=O) groups is 2. The third-order valence-corrected chi connectivity index (χ3v) is 2.47. The van der Waals surface area contributed by atoms with Crippen molar-refractivity contribution in [3.05, 3.63) is 36.4 Å². The number of fused-ring (bicyclic) bond motifs is 1. The quantitative estimate of drug-likeness (QED) is 0.718. The molecule has 0 radical (unpaired) electrons. The molecule has 0 saturated carbocycles. The van der Waals surface area contributed by atoms with E-state index in [1.807, 2.05) is 24.3 Å². The zero-order valence-electron chi connectivity index (χ0n) is 8.18. The number of hydrogen-bond acceptors (Lipinski definition) is 3. The molecular formula is C11H7N3O2. The molecular weight excluding hydrogens is 206 g/mol. The van der Waals surface area contributed by atoms with Gasteiger partial charge in [0, 0.05) is 17.5 Å². The number of amides is 2. The van der Waals surface area contributed by atoms with E-state index in [0.717, 1.165) is 15.8 Å². The molecule has 1 aliphatic heterocycles. The number of aromatic nitrogens is 2. The molecule has 0 saturated heterocycles. The Hall–Kier alpha value is -2.43. The van der Waals surface area contributed by atoms with Crippen molar-refractivity contribution in [1.29, 1.82) is 0 Å². The van der Waals surface area contributed by atoms with Gasteiger partial charge in [0.25, 0.3) is 11.8 Å². The van der Waals surface area contributed by atoms with E-state index in [-0.39, 0.29) is 11.8 Å². The molecule has 0 bridgehead atoms. The van der Waals surface area contributed by atoms with Gasteiger partial charge >= 0.3 is 0 Å². The van der Waals surface area contributed by atoms with Crippen LogP contribution in [0.5, 0.6) is 0 Å². The fourth-order valence-electron chi connectivity index (χ4n) is 1.73. The first kappa shape index (κ1) is 8.84. The number of carbonyl (C=O) groups excluding carboxylic acids is 2. The first-order chi connectivity index (χ1) is 7.77. The summed E-state index contributed by atoms with van der Waals surface area (Å²) in [5.74, 6) is -0.361. The van der Waals surface area contributed by atoms with Gasteiger partial charge in [-0.1, -0.05) is 12.1 Å². The Bertz CT molecular complexity index is 609. The van der Waals surface area contributed by atoms with Crippen LogP contribution in [0.2, 0.25) is 0 Å². The highest BCUT2D eigenvalue weighted by Gasteiger charge is 2.28. The second kappa shape index (κ2) is 3.03. The van der Waals surface area contributed by atoms with Crippen LogP contribution in [0.3, 0.4) is 0 Å². The first-order valence-corrected chi connectivity index (χ1v) is 4.76. The SMILES string of the molecule is O=C1C=CC(=O)N1c1n[nH]c2ccccc12. The maximum Gasteiger partial charge on any atom is 0.259 e. The van der Waals surface area contributed by atoms with Crippen molar-refractivity contribution in [3.8, 4) is 0 Å². The van der Waals surface area contributed by atoms with E-state index in [0.29, 0.717) is 5.82 Å². The molecule has 16 heavy (non-hydrogen) atoms. The third kappa shape index (κ3) is 1.08. The summed E-state index contributed by atoms with van der Waals surface area (Å²) < 4.78 is 0. The lowest BCUT2D eigenvalue weighted by atomic mass is 10.2. The second-order valence-corrected chi connectivity index (χ2v) is 3.44. The molecule has 5 heteroatoms. The third-order valence-electron chi connectivity index (χ3n) is 2.47. The minimum absolute atomic E-state index is 0.357. The first-order valence-electron chi connectivity index (χ1n) is 4.76. The second-order valence-electron chi connectivity index (χ2n) is 3.44. The number of nitrogens with zero attached hydrogens (tertiary/aromatic N) is 2. The average molecular weight is 213 g/mol. The number of benzene rings is 1. The van der Waals surface area contributed by atoms with E-state index in [4.69, 9.17) is 0 Å². The topological polar surface area (TPSA) is 66.1 Å². The van der Waals surface area contributed by atoms with Crippen LogP contribution in [-0.2, 0) is 9.59 Å². The lowest BCUT2D eigenvalue weighted by Gasteiger charge is -2.09. The van der Waals surface area contributed by atoms with Crippen molar-refractivity contribution < 1.29 is 9.59 Å².